The summed E-state index contributed by atoms with van der Waals surface area (Å²) in [6, 6.07) is 0.189. The van der Waals surface area contributed by atoms with Crippen LogP contribution in [-0.2, 0) is 10.0 Å². The Morgan fingerprint density at radius 3 is 2.64 bits per heavy atom. The highest BCUT2D eigenvalue weighted by atomic mass is 32.2. The molecule has 0 bridgehead atoms. The summed E-state index contributed by atoms with van der Waals surface area (Å²) < 4.78 is 25.4. The van der Waals surface area contributed by atoms with Crippen molar-refractivity contribution in [2.24, 2.45) is 0 Å². The predicted octanol–water partition coefficient (Wildman–Crippen LogP) is 0.501. The number of aromatic amines is 1. The van der Waals surface area contributed by atoms with Crippen LogP contribution in [0.2, 0.25) is 0 Å². The molecule has 0 aliphatic heterocycles. The van der Waals surface area contributed by atoms with E-state index in [1.54, 1.807) is 14.0 Å². The minimum Gasteiger partial charge on any atom is -0.281 e. The van der Waals surface area contributed by atoms with Gasteiger partial charge in [-0.25, -0.2) is 8.42 Å². The molecule has 1 heterocycles. The first-order valence-corrected chi connectivity index (χ1v) is 5.95. The smallest absolute Gasteiger partial charge is 0.246 e. The molecule has 14 heavy (non-hydrogen) atoms. The van der Waals surface area contributed by atoms with E-state index in [9.17, 15) is 8.42 Å². The van der Waals surface area contributed by atoms with Crippen LogP contribution in [0.3, 0.4) is 0 Å². The molecular formula is C8H13N3O2S. The van der Waals surface area contributed by atoms with E-state index in [4.69, 9.17) is 0 Å². The zero-order chi connectivity index (χ0) is 10.3. The Balaban J connectivity index is 2.37. The molecule has 6 heteroatoms. The predicted molar refractivity (Wildman–Crippen MR) is 51.3 cm³/mol. The van der Waals surface area contributed by atoms with Crippen LogP contribution in [0.5, 0.6) is 0 Å². The van der Waals surface area contributed by atoms with Crippen molar-refractivity contribution >= 4 is 10.0 Å². The molecule has 1 aliphatic carbocycles. The number of aromatic nitrogens is 2. The molecule has 0 radical (unpaired) electrons. The Morgan fingerprint density at radius 2 is 2.21 bits per heavy atom. The number of rotatable bonds is 3. The van der Waals surface area contributed by atoms with Gasteiger partial charge in [0.2, 0.25) is 10.0 Å². The minimum atomic E-state index is -3.32. The molecule has 78 valence electrons. The van der Waals surface area contributed by atoms with Gasteiger partial charge in [0.25, 0.3) is 0 Å². The van der Waals surface area contributed by atoms with Gasteiger partial charge in [0.05, 0.1) is 11.9 Å². The summed E-state index contributed by atoms with van der Waals surface area (Å²) in [5.74, 6) is 0. The molecule has 1 N–H and O–H groups in total. The van der Waals surface area contributed by atoms with Gasteiger partial charge in [-0.3, -0.25) is 5.10 Å². The third kappa shape index (κ3) is 1.44. The van der Waals surface area contributed by atoms with Gasteiger partial charge in [0, 0.05) is 13.1 Å². The number of aryl methyl sites for hydroxylation is 1. The van der Waals surface area contributed by atoms with E-state index in [2.05, 4.69) is 10.2 Å². The van der Waals surface area contributed by atoms with Crippen molar-refractivity contribution in [2.75, 3.05) is 7.05 Å². The number of hydrogen-bond acceptors (Lipinski definition) is 3. The molecule has 0 atom stereocenters. The van der Waals surface area contributed by atoms with Crippen LogP contribution in [0.4, 0.5) is 0 Å². The molecule has 0 aromatic carbocycles. The molecule has 1 fully saturated rings. The zero-order valence-corrected chi connectivity index (χ0v) is 9.00. The van der Waals surface area contributed by atoms with Crippen LogP contribution in [0.1, 0.15) is 18.5 Å². The second-order valence-electron chi connectivity index (χ2n) is 3.61. The highest BCUT2D eigenvalue weighted by Crippen LogP contribution is 2.30. The summed E-state index contributed by atoms with van der Waals surface area (Å²) >= 11 is 0. The Bertz CT molecular complexity index is 433. The number of nitrogens with one attached hydrogen (secondary N) is 1. The first kappa shape index (κ1) is 9.67. The van der Waals surface area contributed by atoms with Crippen LogP contribution in [0.25, 0.3) is 0 Å². The summed E-state index contributed by atoms with van der Waals surface area (Å²) in [6.45, 7) is 1.71. The maximum Gasteiger partial charge on any atom is 0.246 e. The molecule has 5 nitrogen and oxygen atoms in total. The lowest BCUT2D eigenvalue weighted by Crippen LogP contribution is -2.29. The monoisotopic (exact) mass is 215 g/mol. The van der Waals surface area contributed by atoms with Crippen molar-refractivity contribution in [3.05, 3.63) is 11.9 Å². The second kappa shape index (κ2) is 3.06. The third-order valence-electron chi connectivity index (χ3n) is 2.50. The summed E-state index contributed by atoms with van der Waals surface area (Å²) in [4.78, 5) is 0.284. The Hall–Kier alpha value is -0.880. The van der Waals surface area contributed by atoms with E-state index in [0.717, 1.165) is 12.8 Å². The zero-order valence-electron chi connectivity index (χ0n) is 8.19. The van der Waals surface area contributed by atoms with Crippen LogP contribution >= 0.6 is 0 Å². The molecule has 0 saturated heterocycles. The lowest BCUT2D eigenvalue weighted by Gasteiger charge is -2.15. The van der Waals surface area contributed by atoms with Gasteiger partial charge in [0.1, 0.15) is 4.90 Å². The standard InChI is InChI=1S/C8H13N3O2S/c1-6-8(5-9-10-6)14(12,13)11(2)7-3-4-7/h5,7H,3-4H2,1-2H3,(H,9,10). The maximum atomic E-state index is 12.0. The van der Waals surface area contributed by atoms with Gasteiger partial charge in [-0.2, -0.15) is 9.40 Å². The highest BCUT2D eigenvalue weighted by Gasteiger charge is 2.36. The van der Waals surface area contributed by atoms with Gasteiger partial charge in [0.15, 0.2) is 0 Å². The fourth-order valence-corrected chi connectivity index (χ4v) is 2.92. The summed E-state index contributed by atoms with van der Waals surface area (Å²) in [5.41, 5.74) is 0.595. The topological polar surface area (TPSA) is 66.1 Å². The Labute approximate surface area is 83.2 Å². The molecule has 1 aromatic rings. The SMILES string of the molecule is Cc1[nH]ncc1S(=O)(=O)N(C)C1CC1. The van der Waals surface area contributed by atoms with Gasteiger partial charge in [-0.15, -0.1) is 0 Å². The van der Waals surface area contributed by atoms with Crippen molar-refractivity contribution in [1.29, 1.82) is 0 Å². The number of H-pyrrole nitrogens is 1. The number of hydrogen-bond donors (Lipinski definition) is 1. The fraction of sp³-hybridized carbons (Fsp3) is 0.625. The lowest BCUT2D eigenvalue weighted by atomic mass is 10.5. The quantitative estimate of drug-likeness (QED) is 0.798. The van der Waals surface area contributed by atoms with Crippen LogP contribution in [0.15, 0.2) is 11.1 Å². The Kier molecular flexibility index (Phi) is 2.11. The first-order chi connectivity index (χ1) is 6.53. The maximum absolute atomic E-state index is 12.0. The van der Waals surface area contributed by atoms with Gasteiger partial charge in [-0.1, -0.05) is 0 Å². The lowest BCUT2D eigenvalue weighted by molar-refractivity contribution is 0.464. The van der Waals surface area contributed by atoms with Crippen molar-refractivity contribution < 1.29 is 8.42 Å². The van der Waals surface area contributed by atoms with Crippen LogP contribution in [0, 0.1) is 6.92 Å². The van der Waals surface area contributed by atoms with Crippen molar-refractivity contribution in [3.8, 4) is 0 Å². The van der Waals surface area contributed by atoms with Gasteiger partial charge < -0.3 is 0 Å². The molecular weight excluding hydrogens is 202 g/mol. The highest BCUT2D eigenvalue weighted by molar-refractivity contribution is 7.89. The van der Waals surface area contributed by atoms with E-state index < -0.39 is 10.0 Å². The van der Waals surface area contributed by atoms with Crippen molar-refractivity contribution in [2.45, 2.75) is 30.7 Å². The van der Waals surface area contributed by atoms with Gasteiger partial charge in [-0.05, 0) is 19.8 Å². The number of nitrogens with zero attached hydrogens (tertiary/aromatic N) is 2. The summed E-state index contributed by atoms with van der Waals surface area (Å²) in [7, 11) is -1.70. The van der Waals surface area contributed by atoms with E-state index >= 15 is 0 Å². The van der Waals surface area contributed by atoms with Gasteiger partial charge >= 0.3 is 0 Å². The van der Waals surface area contributed by atoms with E-state index in [-0.39, 0.29) is 10.9 Å². The summed E-state index contributed by atoms with van der Waals surface area (Å²) in [6.07, 6.45) is 3.29. The van der Waals surface area contributed by atoms with Crippen molar-refractivity contribution in [1.82, 2.24) is 14.5 Å². The molecule has 0 spiro atoms. The average Bonchev–Trinajstić information content (AvgIpc) is 2.87. The van der Waals surface area contributed by atoms with Crippen LogP contribution in [-0.4, -0.2) is 36.0 Å². The molecule has 0 amide bonds. The Morgan fingerprint density at radius 1 is 1.57 bits per heavy atom. The molecule has 1 aliphatic rings. The second-order valence-corrected chi connectivity index (χ2v) is 5.58. The van der Waals surface area contributed by atoms with E-state index in [0.29, 0.717) is 5.69 Å². The third-order valence-corrected chi connectivity index (χ3v) is 4.53. The summed E-state index contributed by atoms with van der Waals surface area (Å²) in [5, 5.41) is 6.35. The minimum absolute atomic E-state index is 0.189. The van der Waals surface area contributed by atoms with E-state index in [1.165, 1.54) is 10.5 Å². The first-order valence-electron chi connectivity index (χ1n) is 4.51. The van der Waals surface area contributed by atoms with Crippen molar-refractivity contribution in [3.63, 3.8) is 0 Å². The average molecular weight is 215 g/mol. The normalized spacial score (nSPS) is 17.6. The number of sulfonamides is 1. The van der Waals surface area contributed by atoms with E-state index in [1.807, 2.05) is 0 Å². The molecule has 1 aromatic heterocycles. The molecule has 0 unspecified atom stereocenters. The largest absolute Gasteiger partial charge is 0.281 e. The molecule has 2 rings (SSSR count). The molecule has 1 saturated carbocycles. The fourth-order valence-electron chi connectivity index (χ4n) is 1.39. The van der Waals surface area contributed by atoms with Crippen LogP contribution < -0.4 is 0 Å².